The molecule has 0 atom stereocenters. The second-order valence-corrected chi connectivity index (χ2v) is 8.88. The van der Waals surface area contributed by atoms with Crippen LogP contribution in [0.15, 0.2) is 48.8 Å². The maximum atomic E-state index is 13.1. The Labute approximate surface area is 183 Å². The average Bonchev–Trinajstić information content (AvgIpc) is 3.31. The molecule has 2 aliphatic heterocycles. The van der Waals surface area contributed by atoms with Crippen LogP contribution in [0.4, 0.5) is 5.82 Å². The van der Waals surface area contributed by atoms with E-state index in [0.717, 1.165) is 75.7 Å². The smallest absolute Gasteiger partial charge is 0.225 e. The van der Waals surface area contributed by atoms with Gasteiger partial charge in [0.2, 0.25) is 5.91 Å². The van der Waals surface area contributed by atoms with E-state index in [1.54, 1.807) is 10.8 Å². The predicted octanol–water partition coefficient (Wildman–Crippen LogP) is 3.21. The average molecular weight is 419 g/mol. The standard InChI is InChI=1S/C24H30N6O/c31-24(29-14-10-20(11-15-29)7-6-19-4-2-1-3-5-19)21-12-16-28(17-13-21)23-9-8-22-26-25-18-30(22)27-23/h1-5,8-9,18,20-21H,6-7,10-17H2. The van der Waals surface area contributed by atoms with Crippen LogP contribution in [0.1, 0.15) is 37.7 Å². The fraction of sp³-hybridized carbons (Fsp3) is 0.500. The second kappa shape index (κ2) is 9.04. The number of likely N-dealkylation sites (tertiary alicyclic amines) is 1. The molecule has 3 aromatic rings. The van der Waals surface area contributed by atoms with Crippen molar-refractivity contribution in [2.45, 2.75) is 38.5 Å². The lowest BCUT2D eigenvalue weighted by Crippen LogP contribution is -2.45. The van der Waals surface area contributed by atoms with Gasteiger partial charge in [0.25, 0.3) is 0 Å². The summed E-state index contributed by atoms with van der Waals surface area (Å²) in [5.41, 5.74) is 2.17. The highest BCUT2D eigenvalue weighted by molar-refractivity contribution is 5.79. The van der Waals surface area contributed by atoms with Gasteiger partial charge in [0.15, 0.2) is 5.65 Å². The van der Waals surface area contributed by atoms with Gasteiger partial charge in [0.1, 0.15) is 12.1 Å². The molecule has 2 aliphatic rings. The molecule has 0 spiro atoms. The van der Waals surface area contributed by atoms with Gasteiger partial charge in [0, 0.05) is 32.1 Å². The fourth-order valence-electron chi connectivity index (χ4n) is 4.96. The van der Waals surface area contributed by atoms with Crippen molar-refractivity contribution in [1.29, 1.82) is 0 Å². The third-order valence-electron chi connectivity index (χ3n) is 6.93. The van der Waals surface area contributed by atoms with Gasteiger partial charge >= 0.3 is 0 Å². The topological polar surface area (TPSA) is 66.6 Å². The van der Waals surface area contributed by atoms with Gasteiger partial charge in [-0.1, -0.05) is 30.3 Å². The summed E-state index contributed by atoms with van der Waals surface area (Å²) in [6.07, 6.45) is 8.07. The molecule has 5 rings (SSSR count). The molecule has 0 radical (unpaired) electrons. The first-order chi connectivity index (χ1) is 15.3. The van der Waals surface area contributed by atoms with E-state index in [-0.39, 0.29) is 5.92 Å². The number of fused-ring (bicyclic) bond motifs is 1. The van der Waals surface area contributed by atoms with Crippen molar-refractivity contribution in [3.8, 4) is 0 Å². The summed E-state index contributed by atoms with van der Waals surface area (Å²) in [5.74, 6) is 2.18. The number of piperidine rings is 2. The van der Waals surface area contributed by atoms with Crippen LogP contribution in [-0.2, 0) is 11.2 Å². The van der Waals surface area contributed by atoms with Gasteiger partial charge in [0.05, 0.1) is 0 Å². The number of aromatic nitrogens is 4. The Bertz CT molecular complexity index is 1000. The Balaban J connectivity index is 1.08. The van der Waals surface area contributed by atoms with E-state index in [4.69, 9.17) is 0 Å². The molecule has 7 heteroatoms. The number of anilines is 1. The molecule has 162 valence electrons. The van der Waals surface area contributed by atoms with Crippen LogP contribution in [-0.4, -0.2) is 56.8 Å². The number of hydrogen-bond acceptors (Lipinski definition) is 5. The Morgan fingerprint density at radius 1 is 0.935 bits per heavy atom. The van der Waals surface area contributed by atoms with E-state index in [0.29, 0.717) is 5.91 Å². The zero-order valence-corrected chi connectivity index (χ0v) is 17.9. The van der Waals surface area contributed by atoms with Crippen molar-refractivity contribution >= 4 is 17.4 Å². The molecule has 2 saturated heterocycles. The Morgan fingerprint density at radius 3 is 2.48 bits per heavy atom. The van der Waals surface area contributed by atoms with Crippen LogP contribution >= 0.6 is 0 Å². The molecule has 0 unspecified atom stereocenters. The second-order valence-electron chi connectivity index (χ2n) is 8.88. The summed E-state index contributed by atoms with van der Waals surface area (Å²) in [5, 5.41) is 12.5. The number of rotatable bonds is 5. The first-order valence-electron chi connectivity index (χ1n) is 11.5. The largest absolute Gasteiger partial charge is 0.355 e. The SMILES string of the molecule is O=C(C1CCN(c2ccc3nncn3n2)CC1)N1CCC(CCc2ccccc2)CC1. The zero-order chi connectivity index (χ0) is 21.0. The summed E-state index contributed by atoms with van der Waals surface area (Å²) < 4.78 is 1.70. The monoisotopic (exact) mass is 418 g/mol. The molecule has 0 aliphatic carbocycles. The molecule has 2 aromatic heterocycles. The van der Waals surface area contributed by atoms with E-state index in [1.165, 1.54) is 12.0 Å². The maximum Gasteiger partial charge on any atom is 0.225 e. The molecule has 1 aromatic carbocycles. The number of nitrogens with zero attached hydrogens (tertiary/aromatic N) is 6. The van der Waals surface area contributed by atoms with Crippen molar-refractivity contribution in [3.05, 3.63) is 54.4 Å². The van der Waals surface area contributed by atoms with Gasteiger partial charge < -0.3 is 9.80 Å². The minimum absolute atomic E-state index is 0.149. The molecule has 2 fully saturated rings. The van der Waals surface area contributed by atoms with Crippen LogP contribution in [0.5, 0.6) is 0 Å². The van der Waals surface area contributed by atoms with Crippen LogP contribution in [0.3, 0.4) is 0 Å². The predicted molar refractivity (Wildman–Crippen MR) is 120 cm³/mol. The Hall–Kier alpha value is -2.96. The Kier molecular flexibility index (Phi) is 5.82. The number of carbonyl (C=O) groups excluding carboxylic acids is 1. The minimum Gasteiger partial charge on any atom is -0.355 e. The molecule has 0 N–H and O–H groups in total. The summed E-state index contributed by atoms with van der Waals surface area (Å²) in [7, 11) is 0. The van der Waals surface area contributed by atoms with E-state index >= 15 is 0 Å². The molecule has 1 amide bonds. The maximum absolute atomic E-state index is 13.1. The highest BCUT2D eigenvalue weighted by Crippen LogP contribution is 2.27. The van der Waals surface area contributed by atoms with Crippen LogP contribution in [0.2, 0.25) is 0 Å². The number of carbonyl (C=O) groups is 1. The van der Waals surface area contributed by atoms with Gasteiger partial charge in [-0.3, -0.25) is 4.79 Å². The van der Waals surface area contributed by atoms with E-state index < -0.39 is 0 Å². The summed E-state index contributed by atoms with van der Waals surface area (Å²) in [6.45, 7) is 3.57. The van der Waals surface area contributed by atoms with E-state index in [9.17, 15) is 4.79 Å². The third-order valence-corrected chi connectivity index (χ3v) is 6.93. The van der Waals surface area contributed by atoms with E-state index in [2.05, 4.69) is 55.4 Å². The lowest BCUT2D eigenvalue weighted by Gasteiger charge is -2.37. The summed E-state index contributed by atoms with van der Waals surface area (Å²) in [4.78, 5) is 17.5. The summed E-state index contributed by atoms with van der Waals surface area (Å²) in [6, 6.07) is 14.7. The fourth-order valence-corrected chi connectivity index (χ4v) is 4.96. The van der Waals surface area contributed by atoms with Crippen molar-refractivity contribution < 1.29 is 4.79 Å². The van der Waals surface area contributed by atoms with Crippen LogP contribution in [0.25, 0.3) is 5.65 Å². The van der Waals surface area contributed by atoms with Crippen LogP contribution < -0.4 is 4.90 Å². The molecule has 4 heterocycles. The molecule has 0 saturated carbocycles. The molecule has 31 heavy (non-hydrogen) atoms. The third kappa shape index (κ3) is 4.55. The molecule has 7 nitrogen and oxygen atoms in total. The Morgan fingerprint density at radius 2 is 1.71 bits per heavy atom. The lowest BCUT2D eigenvalue weighted by molar-refractivity contribution is -0.137. The number of benzene rings is 1. The highest BCUT2D eigenvalue weighted by Gasteiger charge is 2.31. The van der Waals surface area contributed by atoms with E-state index in [1.807, 2.05) is 12.1 Å². The normalized spacial score (nSPS) is 18.6. The first kappa shape index (κ1) is 20.0. The number of amides is 1. The molecule has 0 bridgehead atoms. The van der Waals surface area contributed by atoms with Crippen molar-refractivity contribution in [3.63, 3.8) is 0 Å². The van der Waals surface area contributed by atoms with Crippen molar-refractivity contribution in [2.24, 2.45) is 11.8 Å². The molecular weight excluding hydrogens is 388 g/mol. The first-order valence-corrected chi connectivity index (χ1v) is 11.5. The van der Waals surface area contributed by atoms with Gasteiger partial charge in [-0.25, -0.2) is 0 Å². The highest BCUT2D eigenvalue weighted by atomic mass is 16.2. The minimum atomic E-state index is 0.149. The number of aryl methyl sites for hydroxylation is 1. The zero-order valence-electron chi connectivity index (χ0n) is 17.9. The van der Waals surface area contributed by atoms with Gasteiger partial charge in [-0.2, -0.15) is 4.52 Å². The van der Waals surface area contributed by atoms with Gasteiger partial charge in [-0.15, -0.1) is 15.3 Å². The number of hydrogen-bond donors (Lipinski definition) is 0. The summed E-state index contributed by atoms with van der Waals surface area (Å²) >= 11 is 0. The van der Waals surface area contributed by atoms with Crippen molar-refractivity contribution in [1.82, 2.24) is 24.7 Å². The van der Waals surface area contributed by atoms with Gasteiger partial charge in [-0.05, 0) is 62.1 Å². The molecular formula is C24H30N6O. The lowest BCUT2D eigenvalue weighted by atomic mass is 9.89. The van der Waals surface area contributed by atoms with Crippen LogP contribution in [0, 0.1) is 11.8 Å². The quantitative estimate of drug-likeness (QED) is 0.637. The van der Waals surface area contributed by atoms with Crippen molar-refractivity contribution in [2.75, 3.05) is 31.1 Å².